The molecule has 8 heteroatoms. The van der Waals surface area contributed by atoms with Gasteiger partial charge in [-0.2, -0.15) is 0 Å². The first-order chi connectivity index (χ1) is 13.3. The Kier molecular flexibility index (Phi) is 4.44. The first-order valence-electron chi connectivity index (χ1n) is 8.58. The van der Waals surface area contributed by atoms with Gasteiger partial charge in [-0.25, -0.2) is 0 Å². The molecular weight excluding hydrogens is 554 g/mol. The van der Waals surface area contributed by atoms with Crippen LogP contribution < -0.4 is 2.69 Å². The summed E-state index contributed by atoms with van der Waals surface area (Å²) in [6.07, 6.45) is 1.63. The molecule has 2 amide bonds. The van der Waals surface area contributed by atoms with Crippen molar-refractivity contribution in [1.82, 2.24) is 14.9 Å². The van der Waals surface area contributed by atoms with Crippen molar-refractivity contribution in [1.29, 1.82) is 0 Å². The number of benzene rings is 1. The molecule has 3 aromatic rings. The molecule has 28 heavy (non-hydrogen) atoms. The third kappa shape index (κ3) is 2.63. The average molecular weight is 569 g/mol. The first kappa shape index (κ1) is 18.9. The zero-order valence-electron chi connectivity index (χ0n) is 15.5. The van der Waals surface area contributed by atoms with Crippen LogP contribution in [0, 0.1) is 12.7 Å². The van der Waals surface area contributed by atoms with E-state index >= 15 is 0 Å². The van der Waals surface area contributed by atoms with Crippen molar-refractivity contribution in [3.8, 4) is 5.75 Å². The van der Waals surface area contributed by atoms with E-state index in [9.17, 15) is 14.0 Å². The number of rotatable bonds is 3. The Labute approximate surface area is 177 Å². The molecule has 4 rings (SSSR count). The number of amides is 2. The number of carbonyl (C=O) groups is 2. The molecule has 138 valence electrons. The SMILES string of the molecule is Cc1ccnc2c([O][Tl])c3c(nc12)C(=O)N(C(C)(C)c1ccc(F)cc1)C3=O. The third-order valence-corrected chi connectivity index (χ3v) is 5.99. The van der Waals surface area contributed by atoms with Crippen LogP contribution in [0.5, 0.6) is 5.75 Å². The quantitative estimate of drug-likeness (QED) is 0.359. The van der Waals surface area contributed by atoms with Crippen LogP contribution in [-0.4, -0.2) is 52.9 Å². The van der Waals surface area contributed by atoms with Crippen LogP contribution in [0.15, 0.2) is 36.5 Å². The number of fused-ring (bicyclic) bond motifs is 2. The van der Waals surface area contributed by atoms with E-state index in [1.165, 1.54) is 17.0 Å². The molecule has 0 spiro atoms. The Morgan fingerprint density at radius 2 is 1.75 bits per heavy atom. The normalized spacial score (nSPS) is 13.9. The molecular formula is C20H15FN3O3Tl. The molecule has 3 heterocycles. The second-order valence-electron chi connectivity index (χ2n) is 7.12. The maximum atomic E-state index is 13.3. The summed E-state index contributed by atoms with van der Waals surface area (Å²) in [6, 6.07) is 7.55. The average Bonchev–Trinajstić information content (AvgIpc) is 2.92. The van der Waals surface area contributed by atoms with Gasteiger partial charge < -0.3 is 0 Å². The molecule has 2 aromatic heterocycles. The van der Waals surface area contributed by atoms with Crippen molar-refractivity contribution in [3.63, 3.8) is 0 Å². The summed E-state index contributed by atoms with van der Waals surface area (Å²) in [5, 5.41) is 0. The zero-order valence-corrected chi connectivity index (χ0v) is 20.0. The molecule has 0 N–H and O–H groups in total. The standard InChI is InChI=1S/C20H16FN3O3.Tl/c1-10-8-9-22-16-14(10)23-15-13(17(16)25)18(26)24(19(15)27)20(2,3)11-4-6-12(21)7-5-11;/h4-9H,1-3H3,(H,23,25);/q;+1/p-1. The number of imide groups is 1. The van der Waals surface area contributed by atoms with Gasteiger partial charge in [0.25, 0.3) is 0 Å². The van der Waals surface area contributed by atoms with E-state index in [4.69, 9.17) is 2.69 Å². The summed E-state index contributed by atoms with van der Waals surface area (Å²) < 4.78 is 19.0. The fraction of sp³-hybridized carbons (Fsp3) is 0.200. The summed E-state index contributed by atoms with van der Waals surface area (Å²) in [5.74, 6) is -1.06. The van der Waals surface area contributed by atoms with E-state index in [-0.39, 0.29) is 43.3 Å². The van der Waals surface area contributed by atoms with Crippen LogP contribution in [0.4, 0.5) is 4.39 Å². The molecule has 1 aliphatic rings. The van der Waals surface area contributed by atoms with Crippen molar-refractivity contribution in [2.24, 2.45) is 0 Å². The Bertz CT molecular complexity index is 1150. The number of hydrogen-bond donors (Lipinski definition) is 0. The van der Waals surface area contributed by atoms with Crippen molar-refractivity contribution in [2.75, 3.05) is 0 Å². The van der Waals surface area contributed by atoms with E-state index in [0.717, 1.165) is 5.56 Å². The number of pyridine rings is 2. The summed E-state index contributed by atoms with van der Waals surface area (Å²) in [4.78, 5) is 36.5. The summed E-state index contributed by atoms with van der Waals surface area (Å²) in [7, 11) is 0. The van der Waals surface area contributed by atoms with E-state index in [1.807, 2.05) is 6.92 Å². The third-order valence-electron chi connectivity index (χ3n) is 5.08. The van der Waals surface area contributed by atoms with E-state index < -0.39 is 17.4 Å². The van der Waals surface area contributed by atoms with Crippen LogP contribution in [-0.2, 0) is 5.54 Å². The molecule has 0 bridgehead atoms. The van der Waals surface area contributed by atoms with Crippen molar-refractivity contribution < 1.29 is 16.7 Å². The minimum absolute atomic E-state index is 0.0689. The van der Waals surface area contributed by atoms with Crippen molar-refractivity contribution in [3.05, 3.63) is 64.7 Å². The number of nitrogens with zero attached hydrogens (tertiary/aromatic N) is 3. The topological polar surface area (TPSA) is 72.4 Å². The molecule has 1 aliphatic heterocycles. The second kappa shape index (κ2) is 6.57. The van der Waals surface area contributed by atoms with Gasteiger partial charge in [0.2, 0.25) is 0 Å². The number of hydrogen-bond acceptors (Lipinski definition) is 5. The summed E-state index contributed by atoms with van der Waals surface area (Å²) in [6.45, 7) is 5.35. The van der Waals surface area contributed by atoms with Crippen LogP contribution in [0.25, 0.3) is 11.0 Å². The maximum absolute atomic E-state index is 13.3. The van der Waals surface area contributed by atoms with Gasteiger partial charge in [-0.1, -0.05) is 0 Å². The van der Waals surface area contributed by atoms with Crippen LogP contribution >= 0.6 is 0 Å². The van der Waals surface area contributed by atoms with E-state index in [0.29, 0.717) is 22.3 Å². The molecule has 0 atom stereocenters. The molecule has 6 nitrogen and oxygen atoms in total. The molecule has 0 saturated carbocycles. The Morgan fingerprint density at radius 1 is 1.07 bits per heavy atom. The fourth-order valence-electron chi connectivity index (χ4n) is 3.52. The number of aromatic nitrogens is 2. The van der Waals surface area contributed by atoms with Crippen LogP contribution in [0.2, 0.25) is 0 Å². The molecule has 1 aromatic carbocycles. The van der Waals surface area contributed by atoms with E-state index in [2.05, 4.69) is 9.97 Å². The zero-order chi connectivity index (χ0) is 20.2. The minimum atomic E-state index is -0.998. The fourth-order valence-corrected chi connectivity index (χ4v) is 4.42. The van der Waals surface area contributed by atoms with Gasteiger partial charge in [0, 0.05) is 0 Å². The van der Waals surface area contributed by atoms with Crippen LogP contribution in [0.3, 0.4) is 0 Å². The van der Waals surface area contributed by atoms with Gasteiger partial charge >= 0.3 is 177 Å². The molecule has 0 radical (unpaired) electrons. The first-order valence-corrected chi connectivity index (χ1v) is 10.4. The predicted octanol–water partition coefficient (Wildman–Crippen LogP) is 3.07. The predicted molar refractivity (Wildman–Crippen MR) is 101 cm³/mol. The summed E-state index contributed by atoms with van der Waals surface area (Å²) >= 11 is 0.101. The van der Waals surface area contributed by atoms with Crippen LogP contribution in [0.1, 0.15) is 45.8 Å². The monoisotopic (exact) mass is 569 g/mol. The Balaban J connectivity index is 1.93. The Hall–Kier alpha value is -2.43. The second-order valence-corrected chi connectivity index (χ2v) is 8.04. The number of aryl methyl sites for hydroxylation is 1. The van der Waals surface area contributed by atoms with Gasteiger partial charge in [0.05, 0.1) is 0 Å². The Morgan fingerprint density at radius 3 is 2.39 bits per heavy atom. The molecule has 0 saturated heterocycles. The molecule has 0 fully saturated rings. The van der Waals surface area contributed by atoms with Crippen molar-refractivity contribution >= 4 is 49.1 Å². The molecule has 0 aliphatic carbocycles. The summed E-state index contributed by atoms with van der Waals surface area (Å²) in [5.41, 5.74) is 1.71. The number of carbonyl (C=O) groups excluding carboxylic acids is 2. The van der Waals surface area contributed by atoms with E-state index in [1.54, 1.807) is 38.2 Å². The van der Waals surface area contributed by atoms with Gasteiger partial charge in [0.15, 0.2) is 0 Å². The molecule has 0 unspecified atom stereocenters. The number of halogens is 1. The van der Waals surface area contributed by atoms with Gasteiger partial charge in [-0.3, -0.25) is 0 Å². The van der Waals surface area contributed by atoms with Gasteiger partial charge in [-0.05, 0) is 0 Å². The van der Waals surface area contributed by atoms with Crippen molar-refractivity contribution in [2.45, 2.75) is 26.3 Å². The van der Waals surface area contributed by atoms with Gasteiger partial charge in [0.1, 0.15) is 0 Å². The van der Waals surface area contributed by atoms with Gasteiger partial charge in [-0.15, -0.1) is 0 Å².